The van der Waals surface area contributed by atoms with Crippen molar-refractivity contribution in [2.45, 2.75) is 23.8 Å². The van der Waals surface area contributed by atoms with E-state index in [1.807, 2.05) is 0 Å². The minimum atomic E-state index is -1.09. The summed E-state index contributed by atoms with van der Waals surface area (Å²) in [5.74, 6) is -0.839. The monoisotopic (exact) mass is 283 g/mol. The van der Waals surface area contributed by atoms with E-state index < -0.39 is 16.8 Å². The summed E-state index contributed by atoms with van der Waals surface area (Å²) in [5, 5.41) is 9.25. The fourth-order valence-electron chi connectivity index (χ4n) is 2.21. The quantitative estimate of drug-likeness (QED) is 0.815. The van der Waals surface area contributed by atoms with E-state index in [1.54, 1.807) is 18.2 Å². The van der Waals surface area contributed by atoms with Crippen molar-refractivity contribution in [1.82, 2.24) is 0 Å². The van der Waals surface area contributed by atoms with Crippen molar-refractivity contribution in [2.24, 2.45) is 0 Å². The molecule has 1 fully saturated rings. The zero-order valence-corrected chi connectivity index (χ0v) is 11.3. The number of nitrogens with two attached hydrogens (primary N) is 1. The Hall–Kier alpha value is -1.40. The number of hydrogen-bond acceptors (Lipinski definition) is 4. The molecule has 0 spiro atoms. The molecule has 0 radical (unpaired) electrons. The van der Waals surface area contributed by atoms with Gasteiger partial charge in [-0.3, -0.25) is 4.21 Å². The molecule has 19 heavy (non-hydrogen) atoms. The number of rotatable bonds is 4. The van der Waals surface area contributed by atoms with Gasteiger partial charge in [-0.05, 0) is 24.5 Å². The molecule has 1 atom stereocenters. The predicted molar refractivity (Wildman–Crippen MR) is 73.5 cm³/mol. The Labute approximate surface area is 114 Å². The van der Waals surface area contributed by atoms with Crippen molar-refractivity contribution in [2.75, 3.05) is 18.9 Å². The van der Waals surface area contributed by atoms with Gasteiger partial charge in [0.25, 0.3) is 0 Å². The van der Waals surface area contributed by atoms with Crippen molar-refractivity contribution in [3.63, 3.8) is 0 Å². The van der Waals surface area contributed by atoms with Gasteiger partial charge in [-0.15, -0.1) is 0 Å². The highest BCUT2D eigenvalue weighted by Crippen LogP contribution is 2.22. The molecule has 1 aromatic rings. The molecule has 1 aliphatic rings. The molecule has 0 saturated carbocycles. The molecule has 1 heterocycles. The van der Waals surface area contributed by atoms with E-state index >= 15 is 0 Å². The summed E-state index contributed by atoms with van der Waals surface area (Å²) >= 11 is 0. The number of carboxylic acid groups (broad SMARTS) is 1. The van der Waals surface area contributed by atoms with Crippen LogP contribution in [0.4, 0.5) is 5.69 Å². The van der Waals surface area contributed by atoms with Gasteiger partial charge in [0.1, 0.15) is 0 Å². The van der Waals surface area contributed by atoms with Gasteiger partial charge in [0.05, 0.1) is 5.56 Å². The number of anilines is 1. The van der Waals surface area contributed by atoms with Crippen LogP contribution in [0.5, 0.6) is 0 Å². The van der Waals surface area contributed by atoms with Crippen LogP contribution < -0.4 is 5.73 Å². The third kappa shape index (κ3) is 3.33. The minimum Gasteiger partial charge on any atom is -0.478 e. The Bertz CT molecular complexity index is 497. The van der Waals surface area contributed by atoms with E-state index in [-0.39, 0.29) is 22.3 Å². The number of nitrogen functional groups attached to an aromatic ring is 1. The average Bonchev–Trinajstić information content (AvgIpc) is 2.39. The lowest BCUT2D eigenvalue weighted by Crippen LogP contribution is -2.26. The zero-order valence-electron chi connectivity index (χ0n) is 10.5. The molecule has 6 heteroatoms. The first kappa shape index (κ1) is 14.0. The molecular weight excluding hydrogens is 266 g/mol. The lowest BCUT2D eigenvalue weighted by Gasteiger charge is -2.21. The minimum absolute atomic E-state index is 0.0721. The highest BCUT2D eigenvalue weighted by atomic mass is 32.2. The van der Waals surface area contributed by atoms with Crippen LogP contribution in [0, 0.1) is 0 Å². The fourth-order valence-corrected chi connectivity index (χ4v) is 3.71. The second-order valence-electron chi connectivity index (χ2n) is 4.52. The van der Waals surface area contributed by atoms with Crippen molar-refractivity contribution >= 4 is 22.5 Å². The van der Waals surface area contributed by atoms with Crippen LogP contribution in [-0.4, -0.2) is 33.7 Å². The van der Waals surface area contributed by atoms with Gasteiger partial charge in [0.2, 0.25) is 0 Å². The van der Waals surface area contributed by atoms with E-state index in [2.05, 4.69) is 0 Å². The summed E-state index contributed by atoms with van der Waals surface area (Å²) in [5.41, 5.74) is 6.50. The Kier molecular flexibility index (Phi) is 4.55. The first-order valence-corrected chi connectivity index (χ1v) is 7.53. The maximum atomic E-state index is 12.3. The van der Waals surface area contributed by atoms with Crippen molar-refractivity contribution in [3.8, 4) is 0 Å². The molecule has 1 aliphatic heterocycles. The summed E-state index contributed by atoms with van der Waals surface area (Å²) in [6.45, 7) is 1.25. The Morgan fingerprint density at radius 2 is 2.11 bits per heavy atom. The molecule has 0 aliphatic carbocycles. The second kappa shape index (κ2) is 6.16. The zero-order chi connectivity index (χ0) is 13.8. The van der Waals surface area contributed by atoms with Crippen molar-refractivity contribution in [3.05, 3.63) is 29.3 Å². The molecule has 1 saturated heterocycles. The number of aromatic carboxylic acids is 1. The van der Waals surface area contributed by atoms with E-state index in [0.717, 1.165) is 12.8 Å². The van der Waals surface area contributed by atoms with Crippen LogP contribution in [-0.2, 0) is 21.3 Å². The molecule has 1 unspecified atom stereocenters. The molecule has 104 valence electrons. The Morgan fingerprint density at radius 3 is 2.74 bits per heavy atom. The van der Waals surface area contributed by atoms with Crippen LogP contribution in [0.2, 0.25) is 0 Å². The van der Waals surface area contributed by atoms with Gasteiger partial charge in [0, 0.05) is 40.7 Å². The molecule has 5 nitrogen and oxygen atoms in total. The molecule has 2 rings (SSSR count). The number of ether oxygens (including phenoxy) is 1. The van der Waals surface area contributed by atoms with Crippen LogP contribution in [0.25, 0.3) is 0 Å². The second-order valence-corrected chi connectivity index (χ2v) is 6.24. The average molecular weight is 283 g/mol. The number of carbonyl (C=O) groups is 1. The standard InChI is InChI=1S/C13H17NO4S/c14-11-3-1-2-9(12(11)13(15)16)8-19(17)10-4-6-18-7-5-10/h1-3,10H,4-8,14H2,(H,15,16). The SMILES string of the molecule is Nc1cccc(CS(=O)C2CCOCC2)c1C(=O)O. The number of hydrogen-bond donors (Lipinski definition) is 2. The molecule has 0 bridgehead atoms. The highest BCUT2D eigenvalue weighted by Gasteiger charge is 2.22. The first-order valence-electron chi connectivity index (χ1n) is 6.15. The number of carboxylic acids is 1. The third-order valence-electron chi connectivity index (χ3n) is 3.23. The summed E-state index contributed by atoms with van der Waals surface area (Å²) in [6, 6.07) is 4.92. The smallest absolute Gasteiger partial charge is 0.338 e. The molecular formula is C13H17NO4S. The van der Waals surface area contributed by atoms with Crippen LogP contribution in [0.1, 0.15) is 28.8 Å². The van der Waals surface area contributed by atoms with E-state index in [9.17, 15) is 14.1 Å². The van der Waals surface area contributed by atoms with Crippen LogP contribution in [0.3, 0.4) is 0 Å². The normalized spacial score (nSPS) is 18.1. The molecule has 0 aromatic heterocycles. The predicted octanol–water partition coefficient (Wildman–Crippen LogP) is 1.39. The molecule has 1 aromatic carbocycles. The highest BCUT2D eigenvalue weighted by molar-refractivity contribution is 7.84. The largest absolute Gasteiger partial charge is 0.478 e. The summed E-state index contributed by atoms with van der Waals surface area (Å²) in [7, 11) is -1.09. The van der Waals surface area contributed by atoms with Crippen molar-refractivity contribution < 1.29 is 18.8 Å². The van der Waals surface area contributed by atoms with E-state index in [0.29, 0.717) is 18.8 Å². The topological polar surface area (TPSA) is 89.6 Å². The Balaban J connectivity index is 2.16. The van der Waals surface area contributed by atoms with Gasteiger partial charge in [-0.1, -0.05) is 12.1 Å². The first-order chi connectivity index (χ1) is 9.09. The van der Waals surface area contributed by atoms with E-state index in [1.165, 1.54) is 0 Å². The van der Waals surface area contributed by atoms with Crippen molar-refractivity contribution in [1.29, 1.82) is 0 Å². The van der Waals surface area contributed by atoms with Gasteiger partial charge >= 0.3 is 5.97 Å². The number of benzene rings is 1. The summed E-state index contributed by atoms with van der Waals surface area (Å²) < 4.78 is 17.5. The Morgan fingerprint density at radius 1 is 1.42 bits per heavy atom. The lowest BCUT2D eigenvalue weighted by molar-refractivity contribution is 0.0697. The van der Waals surface area contributed by atoms with Gasteiger partial charge in [-0.2, -0.15) is 0 Å². The van der Waals surface area contributed by atoms with Gasteiger partial charge < -0.3 is 15.6 Å². The molecule has 3 N–H and O–H groups in total. The fraction of sp³-hybridized carbons (Fsp3) is 0.462. The van der Waals surface area contributed by atoms with E-state index in [4.69, 9.17) is 10.5 Å². The summed E-state index contributed by atoms with van der Waals surface area (Å²) in [6.07, 6.45) is 1.52. The van der Waals surface area contributed by atoms with Gasteiger partial charge in [0.15, 0.2) is 0 Å². The van der Waals surface area contributed by atoms with Crippen LogP contribution in [0.15, 0.2) is 18.2 Å². The van der Waals surface area contributed by atoms with Gasteiger partial charge in [-0.25, -0.2) is 4.79 Å². The maximum Gasteiger partial charge on any atom is 0.338 e. The molecule has 0 amide bonds. The lowest BCUT2D eigenvalue weighted by atomic mass is 10.1. The summed E-state index contributed by atoms with van der Waals surface area (Å²) in [4.78, 5) is 11.2. The van der Waals surface area contributed by atoms with Crippen LogP contribution >= 0.6 is 0 Å². The maximum absolute atomic E-state index is 12.3. The third-order valence-corrected chi connectivity index (χ3v) is 5.05.